The first kappa shape index (κ1) is 19.8. The van der Waals surface area contributed by atoms with Crippen LogP contribution in [0.15, 0.2) is 23.2 Å². The molecule has 0 atom stereocenters. The van der Waals surface area contributed by atoms with E-state index in [1.54, 1.807) is 14.2 Å². The van der Waals surface area contributed by atoms with E-state index in [1.165, 1.54) is 32.4 Å². The van der Waals surface area contributed by atoms with Crippen LogP contribution in [0.5, 0.6) is 11.5 Å². The molecule has 23 heavy (non-hydrogen) atoms. The topological polar surface area (TPSA) is 72.1 Å². The summed E-state index contributed by atoms with van der Waals surface area (Å²) in [6.45, 7) is 4.00. The van der Waals surface area contributed by atoms with E-state index in [9.17, 15) is 0 Å². The Bertz CT molecular complexity index is 505. The third kappa shape index (κ3) is 6.42. The highest BCUT2D eigenvalue weighted by Gasteiger charge is 2.09. The number of hydrogen-bond acceptors (Lipinski definition) is 4. The number of methoxy groups -OCH3 is 2. The molecule has 7 heteroatoms. The van der Waals surface area contributed by atoms with Crippen molar-refractivity contribution in [3.05, 3.63) is 18.2 Å². The van der Waals surface area contributed by atoms with Crippen molar-refractivity contribution in [2.24, 2.45) is 10.7 Å². The van der Waals surface area contributed by atoms with Crippen LogP contribution >= 0.6 is 24.0 Å². The molecule has 3 N–H and O–H groups in total. The second-order valence-electron chi connectivity index (χ2n) is 5.36. The molecule has 1 fully saturated rings. The van der Waals surface area contributed by atoms with Crippen molar-refractivity contribution in [3.8, 4) is 11.5 Å². The lowest BCUT2D eigenvalue weighted by molar-refractivity contribution is 0.235. The number of halogens is 1. The molecule has 1 aliphatic heterocycles. The molecule has 1 saturated heterocycles. The van der Waals surface area contributed by atoms with Crippen molar-refractivity contribution in [1.29, 1.82) is 0 Å². The summed E-state index contributed by atoms with van der Waals surface area (Å²) in [5, 5.41) is 3.08. The van der Waals surface area contributed by atoms with E-state index in [1.807, 2.05) is 18.2 Å². The van der Waals surface area contributed by atoms with Crippen molar-refractivity contribution in [2.45, 2.75) is 19.3 Å². The number of nitrogens with one attached hydrogen (secondary N) is 1. The van der Waals surface area contributed by atoms with Gasteiger partial charge in [-0.25, -0.2) is 0 Å². The molecule has 0 radical (unpaired) electrons. The van der Waals surface area contributed by atoms with Gasteiger partial charge in [0.2, 0.25) is 0 Å². The Hall–Kier alpha value is -1.22. The van der Waals surface area contributed by atoms with Gasteiger partial charge in [0.25, 0.3) is 0 Å². The molecule has 0 amide bonds. The SMILES string of the molecule is COc1ccc(OC)c(NC(N)=NCCN2CCCCC2)c1.I. The third-order valence-electron chi connectivity index (χ3n) is 3.82. The Morgan fingerprint density at radius 2 is 1.96 bits per heavy atom. The van der Waals surface area contributed by atoms with Gasteiger partial charge in [-0.3, -0.25) is 4.99 Å². The van der Waals surface area contributed by atoms with E-state index in [0.717, 1.165) is 18.0 Å². The van der Waals surface area contributed by atoms with Gasteiger partial charge in [0.1, 0.15) is 11.5 Å². The maximum atomic E-state index is 5.96. The number of hydrogen-bond donors (Lipinski definition) is 2. The quantitative estimate of drug-likeness (QED) is 0.409. The van der Waals surface area contributed by atoms with Gasteiger partial charge in [0.05, 0.1) is 26.5 Å². The van der Waals surface area contributed by atoms with Gasteiger partial charge in [-0.1, -0.05) is 6.42 Å². The number of likely N-dealkylation sites (tertiary alicyclic amines) is 1. The van der Waals surface area contributed by atoms with E-state index in [4.69, 9.17) is 15.2 Å². The molecule has 6 nitrogen and oxygen atoms in total. The van der Waals surface area contributed by atoms with Crippen molar-refractivity contribution in [3.63, 3.8) is 0 Å². The van der Waals surface area contributed by atoms with Gasteiger partial charge in [0.15, 0.2) is 5.96 Å². The first-order valence-electron chi connectivity index (χ1n) is 7.74. The summed E-state index contributed by atoms with van der Waals surface area (Å²) in [5.41, 5.74) is 6.71. The summed E-state index contributed by atoms with van der Waals surface area (Å²) in [6, 6.07) is 5.52. The van der Waals surface area contributed by atoms with Crippen molar-refractivity contribution >= 4 is 35.6 Å². The molecule has 0 bridgehead atoms. The van der Waals surface area contributed by atoms with Crippen LogP contribution in [0.2, 0.25) is 0 Å². The molecule has 0 unspecified atom stereocenters. The monoisotopic (exact) mass is 434 g/mol. The smallest absolute Gasteiger partial charge is 0.193 e. The lowest BCUT2D eigenvalue weighted by Crippen LogP contribution is -2.32. The molecule has 1 heterocycles. The number of ether oxygens (including phenoxy) is 2. The van der Waals surface area contributed by atoms with E-state index in [0.29, 0.717) is 18.3 Å². The van der Waals surface area contributed by atoms with Crippen LogP contribution < -0.4 is 20.5 Å². The molecule has 0 spiro atoms. The Kier molecular flexibility index (Phi) is 9.08. The minimum absolute atomic E-state index is 0. The van der Waals surface area contributed by atoms with E-state index < -0.39 is 0 Å². The summed E-state index contributed by atoms with van der Waals surface area (Å²) in [4.78, 5) is 6.83. The normalized spacial score (nSPS) is 15.7. The van der Waals surface area contributed by atoms with E-state index in [2.05, 4.69) is 15.2 Å². The standard InChI is InChI=1S/C16H26N4O2.HI/c1-21-13-6-7-15(22-2)14(12-13)19-16(17)18-8-11-20-9-4-3-5-10-20;/h6-7,12H,3-5,8-11H2,1-2H3,(H3,17,18,19);1H. The lowest BCUT2D eigenvalue weighted by atomic mass is 10.1. The Labute approximate surface area is 155 Å². The predicted molar refractivity (Wildman–Crippen MR) is 105 cm³/mol. The largest absolute Gasteiger partial charge is 0.497 e. The molecule has 0 saturated carbocycles. The summed E-state index contributed by atoms with van der Waals surface area (Å²) >= 11 is 0. The fourth-order valence-electron chi connectivity index (χ4n) is 2.58. The average Bonchev–Trinajstić information content (AvgIpc) is 2.55. The van der Waals surface area contributed by atoms with Gasteiger partial charge in [-0.2, -0.15) is 0 Å². The maximum absolute atomic E-state index is 5.96. The molecular weight excluding hydrogens is 407 g/mol. The second-order valence-corrected chi connectivity index (χ2v) is 5.36. The lowest BCUT2D eigenvalue weighted by Gasteiger charge is -2.25. The molecule has 1 aliphatic rings. The van der Waals surface area contributed by atoms with Gasteiger partial charge in [-0.15, -0.1) is 24.0 Å². The minimum Gasteiger partial charge on any atom is -0.497 e. The van der Waals surface area contributed by atoms with Crippen LogP contribution in [-0.2, 0) is 0 Å². The molecule has 130 valence electrons. The summed E-state index contributed by atoms with van der Waals surface area (Å²) < 4.78 is 10.5. The molecular formula is C16H27IN4O2. The van der Waals surface area contributed by atoms with Gasteiger partial charge < -0.3 is 25.4 Å². The van der Waals surface area contributed by atoms with Gasteiger partial charge in [-0.05, 0) is 38.1 Å². The van der Waals surface area contributed by atoms with Crippen LogP contribution in [0.25, 0.3) is 0 Å². The number of guanidine groups is 1. The van der Waals surface area contributed by atoms with E-state index in [-0.39, 0.29) is 24.0 Å². The minimum atomic E-state index is 0. The molecule has 1 aromatic rings. The Morgan fingerprint density at radius 3 is 2.61 bits per heavy atom. The van der Waals surface area contributed by atoms with Crippen molar-refractivity contribution in [2.75, 3.05) is 45.7 Å². The highest BCUT2D eigenvalue weighted by Crippen LogP contribution is 2.28. The maximum Gasteiger partial charge on any atom is 0.193 e. The zero-order chi connectivity index (χ0) is 15.8. The number of aliphatic imine (C=N–C) groups is 1. The summed E-state index contributed by atoms with van der Waals surface area (Å²) in [7, 11) is 3.25. The fourth-order valence-corrected chi connectivity index (χ4v) is 2.58. The number of piperidine rings is 1. The van der Waals surface area contributed by atoms with Crippen LogP contribution in [-0.4, -0.2) is 51.3 Å². The predicted octanol–water partition coefficient (Wildman–Crippen LogP) is 2.53. The van der Waals surface area contributed by atoms with Crippen molar-refractivity contribution in [1.82, 2.24) is 4.90 Å². The highest BCUT2D eigenvalue weighted by atomic mass is 127. The Balaban J connectivity index is 0.00000264. The highest BCUT2D eigenvalue weighted by molar-refractivity contribution is 14.0. The van der Waals surface area contributed by atoms with Gasteiger partial charge in [0, 0.05) is 12.6 Å². The number of benzene rings is 1. The van der Waals surface area contributed by atoms with Crippen LogP contribution in [0, 0.1) is 0 Å². The molecule has 0 aromatic heterocycles. The molecule has 2 rings (SSSR count). The Morgan fingerprint density at radius 1 is 1.22 bits per heavy atom. The van der Waals surface area contributed by atoms with Gasteiger partial charge >= 0.3 is 0 Å². The summed E-state index contributed by atoms with van der Waals surface area (Å²) in [6.07, 6.45) is 3.93. The number of nitrogens with zero attached hydrogens (tertiary/aromatic N) is 2. The van der Waals surface area contributed by atoms with Crippen molar-refractivity contribution < 1.29 is 9.47 Å². The number of nitrogens with two attached hydrogens (primary N) is 1. The molecule has 1 aromatic carbocycles. The first-order valence-corrected chi connectivity index (χ1v) is 7.74. The fraction of sp³-hybridized carbons (Fsp3) is 0.562. The number of anilines is 1. The molecule has 0 aliphatic carbocycles. The first-order chi connectivity index (χ1) is 10.7. The third-order valence-corrected chi connectivity index (χ3v) is 3.82. The number of rotatable bonds is 6. The summed E-state index contributed by atoms with van der Waals surface area (Å²) in [5.74, 6) is 1.84. The van der Waals surface area contributed by atoms with E-state index >= 15 is 0 Å². The van der Waals surface area contributed by atoms with Crippen LogP contribution in [0.1, 0.15) is 19.3 Å². The zero-order valence-corrected chi connectivity index (χ0v) is 16.2. The van der Waals surface area contributed by atoms with Crippen LogP contribution in [0.3, 0.4) is 0 Å². The second kappa shape index (κ2) is 10.5. The zero-order valence-electron chi connectivity index (χ0n) is 13.9. The van der Waals surface area contributed by atoms with Crippen LogP contribution in [0.4, 0.5) is 5.69 Å². The average molecular weight is 434 g/mol.